The van der Waals surface area contributed by atoms with Crippen LogP contribution >= 0.6 is 23.4 Å². The summed E-state index contributed by atoms with van der Waals surface area (Å²) in [6.45, 7) is 2.19. The van der Waals surface area contributed by atoms with Crippen LogP contribution in [0, 0.1) is 0 Å². The van der Waals surface area contributed by atoms with Gasteiger partial charge in [-0.2, -0.15) is 0 Å². The number of rotatable bonds is 9. The predicted molar refractivity (Wildman–Crippen MR) is 118 cm³/mol. The van der Waals surface area contributed by atoms with Crippen molar-refractivity contribution in [1.82, 2.24) is 20.1 Å². The third kappa shape index (κ3) is 5.99. The molecule has 1 aromatic heterocycles. The Labute approximate surface area is 188 Å². The lowest BCUT2D eigenvalue weighted by atomic mass is 10.2. The number of amides is 1. The van der Waals surface area contributed by atoms with Crippen molar-refractivity contribution in [3.8, 4) is 11.4 Å². The summed E-state index contributed by atoms with van der Waals surface area (Å²) < 4.78 is 11.8. The van der Waals surface area contributed by atoms with Gasteiger partial charge in [-0.3, -0.25) is 14.2 Å². The highest BCUT2D eigenvalue weighted by molar-refractivity contribution is 7.99. The Morgan fingerprint density at radius 3 is 2.61 bits per heavy atom. The summed E-state index contributed by atoms with van der Waals surface area (Å²) in [4.78, 5) is 24.3. The number of nitrogens with one attached hydrogen (secondary N) is 1. The van der Waals surface area contributed by atoms with Gasteiger partial charge in [0.25, 0.3) is 5.91 Å². The molecule has 31 heavy (non-hydrogen) atoms. The lowest BCUT2D eigenvalue weighted by Gasteiger charge is -2.11. The van der Waals surface area contributed by atoms with Gasteiger partial charge in [-0.15, -0.1) is 10.2 Å². The van der Waals surface area contributed by atoms with Crippen molar-refractivity contribution in [2.24, 2.45) is 0 Å². The molecule has 0 spiro atoms. The zero-order valence-electron chi connectivity index (χ0n) is 17.0. The summed E-state index contributed by atoms with van der Waals surface area (Å²) in [5, 5.41) is 12.3. The number of halogens is 1. The second-order valence-electron chi connectivity index (χ2n) is 6.22. The maximum Gasteiger partial charge on any atom is 0.316 e. The van der Waals surface area contributed by atoms with Gasteiger partial charge in [0, 0.05) is 10.6 Å². The van der Waals surface area contributed by atoms with E-state index in [2.05, 4.69) is 15.5 Å². The van der Waals surface area contributed by atoms with Gasteiger partial charge in [0.05, 0.1) is 31.7 Å². The summed E-state index contributed by atoms with van der Waals surface area (Å²) in [6.07, 6.45) is 0. The van der Waals surface area contributed by atoms with Crippen molar-refractivity contribution in [3.05, 3.63) is 64.9 Å². The fourth-order valence-corrected chi connectivity index (χ4v) is 3.67. The first kappa shape index (κ1) is 22.6. The molecule has 0 atom stereocenters. The molecule has 2 aromatic carbocycles. The van der Waals surface area contributed by atoms with Crippen molar-refractivity contribution >= 4 is 35.2 Å². The summed E-state index contributed by atoms with van der Waals surface area (Å²) in [6, 6.07) is 13.9. The van der Waals surface area contributed by atoms with Crippen LogP contribution in [-0.2, 0) is 16.1 Å². The molecule has 8 nitrogen and oxygen atoms in total. The minimum absolute atomic E-state index is 0.0880. The molecule has 0 aliphatic heterocycles. The molecule has 0 radical (unpaired) electrons. The number of hydrogen-bond donors (Lipinski definition) is 1. The number of carbonyl (C=O) groups excluding carboxylic acids is 2. The summed E-state index contributed by atoms with van der Waals surface area (Å²) >= 11 is 7.35. The smallest absolute Gasteiger partial charge is 0.316 e. The number of aromatic nitrogens is 3. The Hall–Kier alpha value is -3.04. The molecule has 0 aliphatic rings. The molecule has 1 heterocycles. The van der Waals surface area contributed by atoms with Gasteiger partial charge < -0.3 is 14.8 Å². The topological polar surface area (TPSA) is 95.3 Å². The van der Waals surface area contributed by atoms with E-state index in [1.54, 1.807) is 61.1 Å². The van der Waals surface area contributed by atoms with E-state index in [-0.39, 0.29) is 24.2 Å². The highest BCUT2D eigenvalue weighted by atomic mass is 35.5. The number of hydrogen-bond acceptors (Lipinski definition) is 7. The Balaban J connectivity index is 1.80. The SMILES string of the molecule is CCOC(=O)CSc1nnc(CNC(=O)c2ccc(OC)cc2)n1-c1cccc(Cl)c1. The Bertz CT molecular complexity index is 1060. The zero-order valence-corrected chi connectivity index (χ0v) is 18.6. The van der Waals surface area contributed by atoms with Crippen LogP contribution in [0.25, 0.3) is 5.69 Å². The number of ether oxygens (including phenoxy) is 2. The molecule has 0 unspecified atom stereocenters. The van der Waals surface area contributed by atoms with E-state index < -0.39 is 0 Å². The van der Waals surface area contributed by atoms with Crippen LogP contribution in [0.15, 0.2) is 53.7 Å². The first-order valence-electron chi connectivity index (χ1n) is 9.42. The minimum atomic E-state index is -0.345. The lowest BCUT2D eigenvalue weighted by molar-refractivity contribution is -0.139. The third-order valence-corrected chi connectivity index (χ3v) is 5.29. The van der Waals surface area contributed by atoms with Crippen LogP contribution < -0.4 is 10.1 Å². The van der Waals surface area contributed by atoms with Crippen LogP contribution in [0.4, 0.5) is 0 Å². The van der Waals surface area contributed by atoms with Crippen LogP contribution in [-0.4, -0.2) is 46.1 Å². The number of benzene rings is 2. The average Bonchev–Trinajstić information content (AvgIpc) is 3.19. The number of thioether (sulfide) groups is 1. The molecular weight excluding hydrogens is 440 g/mol. The quantitative estimate of drug-likeness (QED) is 0.385. The monoisotopic (exact) mass is 460 g/mol. The zero-order chi connectivity index (χ0) is 22.2. The Morgan fingerprint density at radius 1 is 1.16 bits per heavy atom. The molecule has 0 aliphatic carbocycles. The predicted octanol–water partition coefficient (Wildman–Crippen LogP) is 3.51. The van der Waals surface area contributed by atoms with E-state index in [0.717, 1.165) is 5.69 Å². The standard InChI is InChI=1S/C21H21ClN4O4S/c1-3-30-19(27)13-31-21-25-24-18(26(21)16-6-4-5-15(22)11-16)12-23-20(28)14-7-9-17(29-2)10-8-14/h4-11H,3,12-13H2,1-2H3,(H,23,28). The molecule has 0 saturated carbocycles. The second kappa shape index (κ2) is 10.8. The second-order valence-corrected chi connectivity index (χ2v) is 7.60. The van der Waals surface area contributed by atoms with Gasteiger partial charge in [0.1, 0.15) is 5.75 Å². The number of methoxy groups -OCH3 is 1. The summed E-state index contributed by atoms with van der Waals surface area (Å²) in [5.74, 6) is 0.646. The number of nitrogens with zero attached hydrogens (tertiary/aromatic N) is 3. The molecule has 0 fully saturated rings. The van der Waals surface area contributed by atoms with Gasteiger partial charge >= 0.3 is 5.97 Å². The molecule has 3 rings (SSSR count). The molecule has 1 N–H and O–H groups in total. The van der Waals surface area contributed by atoms with Gasteiger partial charge in [-0.25, -0.2) is 0 Å². The lowest BCUT2D eigenvalue weighted by Crippen LogP contribution is -2.24. The molecule has 1 amide bonds. The number of carbonyl (C=O) groups is 2. The van der Waals surface area contributed by atoms with E-state index in [1.165, 1.54) is 11.8 Å². The van der Waals surface area contributed by atoms with Crippen molar-refractivity contribution in [3.63, 3.8) is 0 Å². The summed E-state index contributed by atoms with van der Waals surface area (Å²) in [5.41, 5.74) is 1.21. The van der Waals surface area contributed by atoms with Gasteiger partial charge in [-0.1, -0.05) is 29.4 Å². The van der Waals surface area contributed by atoms with Crippen molar-refractivity contribution in [2.75, 3.05) is 19.5 Å². The molecule has 0 bridgehead atoms. The van der Waals surface area contributed by atoms with E-state index in [0.29, 0.717) is 33.9 Å². The first-order chi connectivity index (χ1) is 15.0. The van der Waals surface area contributed by atoms with Crippen molar-refractivity contribution < 1.29 is 19.1 Å². The van der Waals surface area contributed by atoms with Gasteiger partial charge in [0.15, 0.2) is 11.0 Å². The van der Waals surface area contributed by atoms with E-state index in [4.69, 9.17) is 21.1 Å². The molecule has 10 heteroatoms. The fraction of sp³-hybridized carbons (Fsp3) is 0.238. The van der Waals surface area contributed by atoms with Crippen LogP contribution in [0.2, 0.25) is 5.02 Å². The summed E-state index contributed by atoms with van der Waals surface area (Å²) in [7, 11) is 1.56. The highest BCUT2D eigenvalue weighted by Gasteiger charge is 2.17. The van der Waals surface area contributed by atoms with Crippen molar-refractivity contribution in [2.45, 2.75) is 18.6 Å². The Kier molecular flexibility index (Phi) is 7.91. The molecule has 162 valence electrons. The average molecular weight is 461 g/mol. The first-order valence-corrected chi connectivity index (χ1v) is 10.8. The maximum atomic E-state index is 12.5. The van der Waals surface area contributed by atoms with Crippen LogP contribution in [0.1, 0.15) is 23.1 Å². The Morgan fingerprint density at radius 2 is 1.94 bits per heavy atom. The van der Waals surface area contributed by atoms with Gasteiger partial charge in [0.2, 0.25) is 0 Å². The number of esters is 1. The van der Waals surface area contributed by atoms with Gasteiger partial charge in [-0.05, 0) is 49.4 Å². The van der Waals surface area contributed by atoms with Crippen molar-refractivity contribution in [1.29, 1.82) is 0 Å². The third-order valence-electron chi connectivity index (χ3n) is 4.15. The molecule has 0 saturated heterocycles. The maximum absolute atomic E-state index is 12.5. The van der Waals surface area contributed by atoms with Crippen LogP contribution in [0.3, 0.4) is 0 Å². The van der Waals surface area contributed by atoms with E-state index >= 15 is 0 Å². The molecule has 3 aromatic rings. The van der Waals surface area contributed by atoms with E-state index in [9.17, 15) is 9.59 Å². The highest BCUT2D eigenvalue weighted by Crippen LogP contribution is 2.24. The minimum Gasteiger partial charge on any atom is -0.497 e. The normalized spacial score (nSPS) is 10.5. The molecular formula is C21H21ClN4O4S. The largest absolute Gasteiger partial charge is 0.497 e. The van der Waals surface area contributed by atoms with Crippen LogP contribution in [0.5, 0.6) is 5.75 Å². The van der Waals surface area contributed by atoms with E-state index in [1.807, 2.05) is 6.07 Å². The fourth-order valence-electron chi connectivity index (χ4n) is 2.71.